The lowest BCUT2D eigenvalue weighted by atomic mass is 9.79. The van der Waals surface area contributed by atoms with Crippen LogP contribution in [0.5, 0.6) is 0 Å². The van der Waals surface area contributed by atoms with E-state index in [0.29, 0.717) is 35.8 Å². The van der Waals surface area contributed by atoms with Gasteiger partial charge in [0.25, 0.3) is 5.91 Å². The molecule has 0 saturated carbocycles. The van der Waals surface area contributed by atoms with Crippen molar-refractivity contribution in [1.29, 1.82) is 0 Å². The van der Waals surface area contributed by atoms with Crippen LogP contribution >= 0.6 is 0 Å². The maximum Gasteiger partial charge on any atom is 0.255 e. The molecule has 28 heavy (non-hydrogen) atoms. The highest BCUT2D eigenvalue weighted by molar-refractivity contribution is 5.94. The quantitative estimate of drug-likeness (QED) is 0.846. The van der Waals surface area contributed by atoms with Gasteiger partial charge in [0.2, 0.25) is 5.91 Å². The lowest BCUT2D eigenvalue weighted by molar-refractivity contribution is -0.130. The fraction of sp³-hybridized carbons (Fsp3) is 0.682. The molecule has 1 N–H and O–H groups in total. The first-order valence-electron chi connectivity index (χ1n) is 10.8. The summed E-state index contributed by atoms with van der Waals surface area (Å²) in [5, 5.41) is 3.70. The van der Waals surface area contributed by atoms with Crippen molar-refractivity contribution in [1.82, 2.24) is 20.1 Å². The van der Waals surface area contributed by atoms with E-state index >= 15 is 0 Å². The topological polar surface area (TPSA) is 65.5 Å². The molecule has 1 aromatic rings. The zero-order valence-corrected chi connectivity index (χ0v) is 16.9. The number of amides is 2. The highest BCUT2D eigenvalue weighted by Gasteiger charge is 2.38. The van der Waals surface area contributed by atoms with Crippen molar-refractivity contribution in [3.8, 4) is 0 Å². The van der Waals surface area contributed by atoms with Gasteiger partial charge in [-0.15, -0.1) is 0 Å². The van der Waals surface area contributed by atoms with Gasteiger partial charge in [-0.25, -0.2) is 0 Å². The number of piperidine rings is 2. The Morgan fingerprint density at radius 1 is 1.18 bits per heavy atom. The van der Waals surface area contributed by atoms with E-state index in [4.69, 9.17) is 0 Å². The second-order valence-electron chi connectivity index (χ2n) is 8.76. The van der Waals surface area contributed by atoms with Gasteiger partial charge in [-0.1, -0.05) is 0 Å². The molecule has 0 aliphatic carbocycles. The number of carbonyl (C=O) groups is 2. The van der Waals surface area contributed by atoms with Crippen LogP contribution in [0.2, 0.25) is 0 Å². The summed E-state index contributed by atoms with van der Waals surface area (Å²) in [4.78, 5) is 33.5. The maximum absolute atomic E-state index is 12.9. The Labute approximate surface area is 167 Å². The highest BCUT2D eigenvalue weighted by Crippen LogP contribution is 2.31. The van der Waals surface area contributed by atoms with Crippen molar-refractivity contribution in [3.63, 3.8) is 0 Å². The number of hydrogen-bond acceptors (Lipinski definition) is 4. The van der Waals surface area contributed by atoms with Crippen molar-refractivity contribution in [2.45, 2.75) is 51.5 Å². The van der Waals surface area contributed by atoms with Gasteiger partial charge in [-0.2, -0.15) is 0 Å². The molecule has 152 valence electrons. The Bertz CT molecular complexity index is 699. The van der Waals surface area contributed by atoms with Gasteiger partial charge in [0.1, 0.15) is 0 Å². The molecule has 3 saturated heterocycles. The molecular weight excluding hydrogens is 352 g/mol. The number of likely N-dealkylation sites (tertiary alicyclic amines) is 2. The van der Waals surface area contributed by atoms with E-state index in [-0.39, 0.29) is 5.91 Å². The van der Waals surface area contributed by atoms with Gasteiger partial charge in [-0.05, 0) is 69.5 Å². The fourth-order valence-corrected chi connectivity index (χ4v) is 5.05. The van der Waals surface area contributed by atoms with E-state index in [1.54, 1.807) is 6.20 Å². The summed E-state index contributed by atoms with van der Waals surface area (Å²) < 4.78 is 0. The second-order valence-corrected chi connectivity index (χ2v) is 8.76. The Morgan fingerprint density at radius 3 is 2.75 bits per heavy atom. The molecule has 4 heterocycles. The maximum atomic E-state index is 12.9. The largest absolute Gasteiger partial charge is 0.343 e. The number of aromatic nitrogens is 1. The highest BCUT2D eigenvalue weighted by atomic mass is 16.2. The summed E-state index contributed by atoms with van der Waals surface area (Å²) in [6.07, 6.45) is 7.80. The average molecular weight is 385 g/mol. The first kappa shape index (κ1) is 19.4. The molecule has 6 heteroatoms. The summed E-state index contributed by atoms with van der Waals surface area (Å²) in [7, 11) is 0. The van der Waals surface area contributed by atoms with E-state index in [9.17, 15) is 9.59 Å². The molecule has 0 unspecified atom stereocenters. The number of carbonyl (C=O) groups excluding carboxylic acids is 2. The van der Waals surface area contributed by atoms with Gasteiger partial charge in [-0.3, -0.25) is 14.6 Å². The normalized spacial score (nSPS) is 27.1. The number of rotatable bonds is 5. The average Bonchev–Trinajstić information content (AvgIpc) is 3.24. The first-order chi connectivity index (χ1) is 13.6. The molecule has 6 nitrogen and oxygen atoms in total. The zero-order valence-electron chi connectivity index (χ0n) is 16.9. The third-order valence-electron chi connectivity index (χ3n) is 6.62. The number of nitrogens with one attached hydrogen (secondary N) is 1. The second kappa shape index (κ2) is 8.60. The minimum atomic E-state index is 0.104. The smallest absolute Gasteiger partial charge is 0.255 e. The van der Waals surface area contributed by atoms with Crippen molar-refractivity contribution in [3.05, 3.63) is 29.6 Å². The molecule has 4 rings (SSSR count). The number of pyridine rings is 1. The van der Waals surface area contributed by atoms with E-state index in [0.717, 1.165) is 64.1 Å². The molecule has 2 amide bonds. The van der Waals surface area contributed by atoms with Crippen LogP contribution in [-0.2, 0) is 4.79 Å². The Kier molecular flexibility index (Phi) is 5.95. The van der Waals surface area contributed by atoms with Crippen LogP contribution in [0, 0.1) is 18.8 Å². The van der Waals surface area contributed by atoms with Gasteiger partial charge >= 0.3 is 0 Å². The Balaban J connectivity index is 1.30. The number of aryl methyl sites for hydroxylation is 1. The summed E-state index contributed by atoms with van der Waals surface area (Å²) in [6, 6.07) is 4.20. The van der Waals surface area contributed by atoms with Crippen LogP contribution < -0.4 is 5.32 Å². The fourth-order valence-electron chi connectivity index (χ4n) is 5.05. The minimum absolute atomic E-state index is 0.104. The summed E-state index contributed by atoms with van der Waals surface area (Å²) in [6.45, 7) is 6.42. The number of nitrogens with zero attached hydrogens (tertiary/aromatic N) is 3. The van der Waals surface area contributed by atoms with Crippen LogP contribution in [-0.4, -0.2) is 65.4 Å². The van der Waals surface area contributed by atoms with E-state index < -0.39 is 0 Å². The van der Waals surface area contributed by atoms with E-state index in [2.05, 4.69) is 10.3 Å². The summed E-state index contributed by atoms with van der Waals surface area (Å²) in [5.74, 6) is 1.44. The lowest BCUT2D eigenvalue weighted by Gasteiger charge is -2.46. The third kappa shape index (κ3) is 4.37. The molecule has 0 radical (unpaired) electrons. The molecule has 0 spiro atoms. The van der Waals surface area contributed by atoms with Crippen LogP contribution in [0.3, 0.4) is 0 Å². The van der Waals surface area contributed by atoms with Crippen molar-refractivity contribution >= 4 is 11.8 Å². The van der Waals surface area contributed by atoms with Gasteiger partial charge in [0.05, 0.1) is 5.56 Å². The van der Waals surface area contributed by atoms with Gasteiger partial charge in [0.15, 0.2) is 0 Å². The molecule has 3 atom stereocenters. The first-order valence-corrected chi connectivity index (χ1v) is 10.8. The Hall–Kier alpha value is -1.95. The summed E-state index contributed by atoms with van der Waals surface area (Å²) >= 11 is 0. The molecule has 1 aromatic heterocycles. The number of fused-ring (bicyclic) bond motifs is 2. The standard InChI is InChI=1S/C22H32N4O2/c1-16-7-8-18(13-23-16)22(28)26-14-17-11-19(15-26)20(24-12-17)5-4-6-21(27)25-9-2-3-10-25/h7-8,13,17,19-20,24H,2-6,9-12,14-15H2,1H3/t17-,19+,20+/m0/s1. The van der Waals surface area contributed by atoms with Crippen molar-refractivity contribution in [2.75, 3.05) is 32.7 Å². The van der Waals surface area contributed by atoms with Gasteiger partial charge in [0, 0.05) is 50.5 Å². The summed E-state index contributed by atoms with van der Waals surface area (Å²) in [5.41, 5.74) is 1.62. The van der Waals surface area contributed by atoms with Crippen LogP contribution in [0.15, 0.2) is 18.3 Å². The van der Waals surface area contributed by atoms with Crippen LogP contribution in [0.25, 0.3) is 0 Å². The Morgan fingerprint density at radius 2 is 2.00 bits per heavy atom. The van der Waals surface area contributed by atoms with E-state index in [1.807, 2.05) is 28.9 Å². The molecular formula is C22H32N4O2. The van der Waals surface area contributed by atoms with Gasteiger partial charge < -0.3 is 15.1 Å². The predicted molar refractivity (Wildman–Crippen MR) is 108 cm³/mol. The monoisotopic (exact) mass is 384 g/mol. The molecule has 3 aliphatic heterocycles. The SMILES string of the molecule is Cc1ccc(C(=O)N2C[C@@H]3CN[C@H](CCCC(=O)N4CCCC4)[C@H](C3)C2)cn1. The molecule has 0 aromatic carbocycles. The number of hydrogen-bond donors (Lipinski definition) is 1. The lowest BCUT2D eigenvalue weighted by Crippen LogP contribution is -2.57. The third-order valence-corrected chi connectivity index (χ3v) is 6.62. The zero-order chi connectivity index (χ0) is 19.5. The predicted octanol–water partition coefficient (Wildman–Crippen LogP) is 2.23. The molecule has 2 bridgehead atoms. The molecule has 3 fully saturated rings. The minimum Gasteiger partial charge on any atom is -0.343 e. The molecule has 3 aliphatic rings. The van der Waals surface area contributed by atoms with Crippen molar-refractivity contribution < 1.29 is 9.59 Å². The van der Waals surface area contributed by atoms with Crippen LogP contribution in [0.4, 0.5) is 0 Å². The van der Waals surface area contributed by atoms with Crippen molar-refractivity contribution in [2.24, 2.45) is 11.8 Å². The van der Waals surface area contributed by atoms with Crippen LogP contribution in [0.1, 0.15) is 54.6 Å². The van der Waals surface area contributed by atoms with E-state index in [1.165, 1.54) is 6.42 Å².